The predicted molar refractivity (Wildman–Crippen MR) is 99.9 cm³/mol. The lowest BCUT2D eigenvalue weighted by molar-refractivity contribution is -0.205. The average Bonchev–Trinajstić information content (AvgIpc) is 3.03. The van der Waals surface area contributed by atoms with E-state index in [-0.39, 0.29) is 29.8 Å². The maximum Gasteiger partial charge on any atom is 0.163 e. The van der Waals surface area contributed by atoms with E-state index < -0.39 is 11.9 Å². The first-order chi connectivity index (χ1) is 12.7. The molecule has 0 spiro atoms. The second kappa shape index (κ2) is 6.15. The molecule has 5 nitrogen and oxygen atoms in total. The zero-order valence-electron chi connectivity index (χ0n) is 17.1. The quantitative estimate of drug-likeness (QED) is 0.732. The van der Waals surface area contributed by atoms with Crippen LogP contribution < -0.4 is 0 Å². The van der Waals surface area contributed by atoms with E-state index in [1.165, 1.54) is 19.3 Å². The average molecular weight is 381 g/mol. The Hall–Kier alpha value is -0.200. The molecule has 5 aliphatic rings. The Labute approximate surface area is 162 Å². The van der Waals surface area contributed by atoms with Gasteiger partial charge in [0.25, 0.3) is 0 Å². The van der Waals surface area contributed by atoms with E-state index in [0.717, 1.165) is 19.3 Å². The summed E-state index contributed by atoms with van der Waals surface area (Å²) in [5.74, 6) is 2.26. The molecular formula is C22H36O5. The number of hydrogen-bond acceptors (Lipinski definition) is 5. The molecule has 5 fully saturated rings. The van der Waals surface area contributed by atoms with E-state index in [4.69, 9.17) is 14.2 Å². The molecule has 0 amide bonds. The second-order valence-corrected chi connectivity index (χ2v) is 10.7. The summed E-state index contributed by atoms with van der Waals surface area (Å²) in [7, 11) is 1.73. The third-order valence-electron chi connectivity index (χ3n) is 9.10. The first-order valence-electron chi connectivity index (χ1n) is 11.0. The van der Waals surface area contributed by atoms with E-state index in [9.17, 15) is 10.2 Å². The molecule has 0 aromatic heterocycles. The lowest BCUT2D eigenvalue weighted by Gasteiger charge is -2.56. The lowest BCUT2D eigenvalue weighted by atomic mass is 9.50. The zero-order valence-corrected chi connectivity index (χ0v) is 17.1. The van der Waals surface area contributed by atoms with Gasteiger partial charge in [0.05, 0.1) is 24.4 Å². The first kappa shape index (κ1) is 18.8. The third-order valence-corrected chi connectivity index (χ3v) is 9.10. The number of methoxy groups -OCH3 is 1. The number of fused-ring (bicyclic) bond motifs is 7. The summed E-state index contributed by atoms with van der Waals surface area (Å²) in [5, 5.41) is 21.6. The van der Waals surface area contributed by atoms with Gasteiger partial charge in [0.1, 0.15) is 6.10 Å². The monoisotopic (exact) mass is 380 g/mol. The van der Waals surface area contributed by atoms with Crippen molar-refractivity contribution in [3.63, 3.8) is 0 Å². The molecule has 0 radical (unpaired) electrons. The summed E-state index contributed by atoms with van der Waals surface area (Å²) in [5.41, 5.74) is -0.103. The van der Waals surface area contributed by atoms with Crippen molar-refractivity contribution in [3.05, 3.63) is 0 Å². The number of ether oxygens (including phenoxy) is 3. The van der Waals surface area contributed by atoms with Crippen LogP contribution in [0.5, 0.6) is 0 Å². The lowest BCUT2D eigenvalue weighted by Crippen LogP contribution is -2.54. The van der Waals surface area contributed by atoms with Crippen LogP contribution in [0, 0.1) is 35.0 Å². The van der Waals surface area contributed by atoms with Crippen LogP contribution in [0.3, 0.4) is 0 Å². The molecule has 1 saturated heterocycles. The summed E-state index contributed by atoms with van der Waals surface area (Å²) in [6, 6.07) is 0. The Morgan fingerprint density at radius 1 is 0.889 bits per heavy atom. The Balaban J connectivity index is 1.44. The summed E-state index contributed by atoms with van der Waals surface area (Å²) in [6.07, 6.45) is 5.50. The van der Waals surface area contributed by atoms with Gasteiger partial charge in [-0.2, -0.15) is 0 Å². The van der Waals surface area contributed by atoms with Gasteiger partial charge in [-0.3, -0.25) is 0 Å². The molecule has 5 rings (SSSR count). The first-order valence-corrected chi connectivity index (χ1v) is 11.0. The fourth-order valence-corrected chi connectivity index (χ4v) is 7.99. The largest absolute Gasteiger partial charge is 0.390 e. The van der Waals surface area contributed by atoms with E-state index in [0.29, 0.717) is 29.6 Å². The van der Waals surface area contributed by atoms with Crippen LogP contribution in [0.25, 0.3) is 0 Å². The van der Waals surface area contributed by atoms with Gasteiger partial charge in [0.2, 0.25) is 0 Å². The molecule has 4 aliphatic carbocycles. The van der Waals surface area contributed by atoms with Gasteiger partial charge in [-0.15, -0.1) is 0 Å². The molecule has 4 saturated carbocycles. The molecule has 5 heteroatoms. The number of aliphatic hydroxyl groups is 2. The van der Waals surface area contributed by atoms with Crippen molar-refractivity contribution in [2.45, 2.75) is 95.6 Å². The van der Waals surface area contributed by atoms with Gasteiger partial charge in [-0.25, -0.2) is 0 Å². The van der Waals surface area contributed by atoms with Gasteiger partial charge in [-0.05, 0) is 82.0 Å². The Morgan fingerprint density at radius 3 is 2.37 bits per heavy atom. The second-order valence-electron chi connectivity index (χ2n) is 10.7. The van der Waals surface area contributed by atoms with Gasteiger partial charge in [0.15, 0.2) is 5.79 Å². The minimum atomic E-state index is -0.599. The smallest absolute Gasteiger partial charge is 0.163 e. The van der Waals surface area contributed by atoms with Crippen molar-refractivity contribution in [1.29, 1.82) is 0 Å². The van der Waals surface area contributed by atoms with E-state index in [1.54, 1.807) is 7.11 Å². The van der Waals surface area contributed by atoms with E-state index >= 15 is 0 Å². The SMILES string of the molecule is COC1CC2C(CCC3C2CC[C@@]2(C)C3[C@H]3OC(C)(C)O[C@H]3[C@@H]2O)CC1O. The van der Waals surface area contributed by atoms with Crippen molar-refractivity contribution in [1.82, 2.24) is 0 Å². The van der Waals surface area contributed by atoms with Crippen molar-refractivity contribution < 1.29 is 24.4 Å². The fraction of sp³-hybridized carbons (Fsp3) is 1.00. The van der Waals surface area contributed by atoms with Crippen LogP contribution in [0.1, 0.15) is 59.3 Å². The normalized spacial score (nSPS) is 58.9. The summed E-state index contributed by atoms with van der Waals surface area (Å²) in [4.78, 5) is 0. The molecule has 2 N–H and O–H groups in total. The molecule has 0 aromatic rings. The highest BCUT2D eigenvalue weighted by molar-refractivity contribution is 5.15. The Morgan fingerprint density at radius 2 is 1.63 bits per heavy atom. The van der Waals surface area contributed by atoms with Crippen LogP contribution in [0.2, 0.25) is 0 Å². The van der Waals surface area contributed by atoms with Crippen LogP contribution in [-0.4, -0.2) is 53.6 Å². The summed E-state index contributed by atoms with van der Waals surface area (Å²) >= 11 is 0. The number of rotatable bonds is 1. The Kier molecular flexibility index (Phi) is 4.28. The molecule has 154 valence electrons. The topological polar surface area (TPSA) is 68.2 Å². The van der Waals surface area contributed by atoms with Crippen LogP contribution in [0.4, 0.5) is 0 Å². The molecular weight excluding hydrogens is 344 g/mol. The van der Waals surface area contributed by atoms with Crippen molar-refractivity contribution >= 4 is 0 Å². The molecule has 0 bridgehead atoms. The molecule has 11 atom stereocenters. The molecule has 27 heavy (non-hydrogen) atoms. The van der Waals surface area contributed by atoms with Crippen LogP contribution >= 0.6 is 0 Å². The third kappa shape index (κ3) is 2.61. The minimum absolute atomic E-state index is 0.0109. The molecule has 1 heterocycles. The summed E-state index contributed by atoms with van der Waals surface area (Å²) in [6.45, 7) is 6.21. The van der Waals surface area contributed by atoms with Crippen molar-refractivity contribution in [3.8, 4) is 0 Å². The highest BCUT2D eigenvalue weighted by Crippen LogP contribution is 2.65. The number of hydrogen-bond donors (Lipinski definition) is 2. The van der Waals surface area contributed by atoms with Gasteiger partial charge >= 0.3 is 0 Å². The number of aliphatic hydroxyl groups excluding tert-OH is 2. The van der Waals surface area contributed by atoms with Crippen LogP contribution in [0.15, 0.2) is 0 Å². The Bertz CT molecular complexity index is 593. The fourth-order valence-electron chi connectivity index (χ4n) is 7.99. The van der Waals surface area contributed by atoms with Crippen LogP contribution in [-0.2, 0) is 14.2 Å². The van der Waals surface area contributed by atoms with Gasteiger partial charge in [-0.1, -0.05) is 6.92 Å². The zero-order chi connectivity index (χ0) is 19.1. The molecule has 1 aliphatic heterocycles. The van der Waals surface area contributed by atoms with Gasteiger partial charge < -0.3 is 24.4 Å². The van der Waals surface area contributed by atoms with Gasteiger partial charge in [0, 0.05) is 12.5 Å². The van der Waals surface area contributed by atoms with E-state index in [2.05, 4.69) is 6.92 Å². The standard InChI is InChI=1S/C22H36O5/c1-21(2)26-18-17-13-6-5-11-9-15(23)16(25-4)10-14(11)12(13)7-8-22(17,3)20(24)19(18)27-21/h11-20,23-24H,5-10H2,1-4H3/t11?,12?,13?,14?,15?,16?,17?,18-,19-,20+,22+/m1/s1. The van der Waals surface area contributed by atoms with E-state index in [1.807, 2.05) is 13.8 Å². The predicted octanol–water partition coefficient (Wildman–Crippen LogP) is 2.73. The van der Waals surface area contributed by atoms with Crippen molar-refractivity contribution in [2.75, 3.05) is 7.11 Å². The van der Waals surface area contributed by atoms with Crippen molar-refractivity contribution in [2.24, 2.45) is 35.0 Å². The molecule has 7 unspecified atom stereocenters. The minimum Gasteiger partial charge on any atom is -0.390 e. The maximum absolute atomic E-state index is 11.2. The maximum atomic E-state index is 11.2. The summed E-state index contributed by atoms with van der Waals surface area (Å²) < 4.78 is 18.1. The molecule has 0 aromatic carbocycles. The highest BCUT2D eigenvalue weighted by Gasteiger charge is 2.68. The highest BCUT2D eigenvalue weighted by atomic mass is 16.8.